The molecule has 0 N–H and O–H groups in total. The number of aromatic nitrogens is 1. The van der Waals surface area contributed by atoms with Crippen LogP contribution in [0.25, 0.3) is 10.8 Å². The summed E-state index contributed by atoms with van der Waals surface area (Å²) in [5.41, 5.74) is 1.09. The lowest BCUT2D eigenvalue weighted by Crippen LogP contribution is -2.44. The lowest BCUT2D eigenvalue weighted by atomic mass is 10.1. The molecule has 1 aliphatic heterocycles. The second kappa shape index (κ2) is 5.38. The van der Waals surface area contributed by atoms with Crippen LogP contribution < -0.4 is 4.90 Å². The van der Waals surface area contributed by atoms with Gasteiger partial charge < -0.3 is 9.80 Å². The summed E-state index contributed by atoms with van der Waals surface area (Å²) in [4.78, 5) is 8.59. The third kappa shape index (κ3) is 2.36. The minimum atomic E-state index is -2.67. The number of nitrogens with zero attached hydrogens (tertiary/aromatic N) is 3. The van der Waals surface area contributed by atoms with Crippen molar-refractivity contribution in [3.63, 3.8) is 0 Å². The Hall–Kier alpha value is -1.66. The number of fused-ring (bicyclic) bond motifs is 1. The van der Waals surface area contributed by atoms with Crippen LogP contribution in [0, 0.1) is 0 Å². The first-order chi connectivity index (χ1) is 9.66. The van der Waals surface area contributed by atoms with E-state index in [1.165, 1.54) is 0 Å². The standard InChI is InChI=1S/C14H17N3O2S/c1-16-7-9-17(10-8-16)13-4-2-3-12-11(13)5-6-15-14(12)20(18)19/h2-6,20H,7-10H2,1H3. The smallest absolute Gasteiger partial charge is 0.186 e. The number of rotatable bonds is 2. The van der Waals surface area contributed by atoms with Crippen LogP contribution in [0.4, 0.5) is 5.69 Å². The zero-order valence-electron chi connectivity index (χ0n) is 11.3. The van der Waals surface area contributed by atoms with Gasteiger partial charge in [-0.1, -0.05) is 12.1 Å². The molecule has 20 heavy (non-hydrogen) atoms. The van der Waals surface area contributed by atoms with E-state index in [2.05, 4.69) is 27.9 Å². The van der Waals surface area contributed by atoms with Crippen molar-refractivity contribution in [2.75, 3.05) is 38.1 Å². The van der Waals surface area contributed by atoms with Crippen molar-refractivity contribution < 1.29 is 8.42 Å². The predicted octanol–water partition coefficient (Wildman–Crippen LogP) is 0.957. The third-order valence-electron chi connectivity index (χ3n) is 3.78. The molecule has 2 aromatic rings. The summed E-state index contributed by atoms with van der Waals surface area (Å²) in [5.74, 6) is 0. The maximum Gasteiger partial charge on any atom is 0.186 e. The molecule has 5 nitrogen and oxygen atoms in total. The molecule has 0 spiro atoms. The van der Waals surface area contributed by atoms with Crippen molar-refractivity contribution in [2.45, 2.75) is 5.03 Å². The molecule has 0 aliphatic carbocycles. The van der Waals surface area contributed by atoms with Crippen LogP contribution in [0.1, 0.15) is 0 Å². The van der Waals surface area contributed by atoms with Gasteiger partial charge in [-0.15, -0.1) is 0 Å². The van der Waals surface area contributed by atoms with Gasteiger partial charge in [-0.2, -0.15) is 0 Å². The van der Waals surface area contributed by atoms with E-state index in [0.29, 0.717) is 5.39 Å². The minimum Gasteiger partial charge on any atom is -0.368 e. The van der Waals surface area contributed by atoms with Gasteiger partial charge in [0.25, 0.3) is 0 Å². The third-order valence-corrected chi connectivity index (χ3v) is 4.48. The Labute approximate surface area is 119 Å². The first-order valence-corrected chi connectivity index (χ1v) is 7.80. The Balaban J connectivity index is 2.10. The van der Waals surface area contributed by atoms with Crippen molar-refractivity contribution >= 4 is 27.2 Å². The van der Waals surface area contributed by atoms with E-state index in [9.17, 15) is 8.42 Å². The molecule has 0 saturated carbocycles. The van der Waals surface area contributed by atoms with Crippen molar-refractivity contribution in [3.8, 4) is 0 Å². The highest BCUT2D eigenvalue weighted by atomic mass is 32.2. The second-order valence-corrected chi connectivity index (χ2v) is 5.99. The van der Waals surface area contributed by atoms with Gasteiger partial charge in [0.2, 0.25) is 0 Å². The number of hydrogen-bond acceptors (Lipinski definition) is 5. The molecule has 1 aromatic carbocycles. The number of pyridine rings is 1. The maximum atomic E-state index is 11.3. The van der Waals surface area contributed by atoms with Gasteiger partial charge in [0.15, 0.2) is 15.7 Å². The van der Waals surface area contributed by atoms with Gasteiger partial charge in [-0.05, 0) is 19.2 Å². The Kier molecular flexibility index (Phi) is 3.58. The Bertz CT molecular complexity index is 699. The molecule has 6 heteroatoms. The van der Waals surface area contributed by atoms with Crippen LogP contribution in [0.3, 0.4) is 0 Å². The zero-order valence-corrected chi connectivity index (χ0v) is 12.2. The highest BCUT2D eigenvalue weighted by Crippen LogP contribution is 2.29. The van der Waals surface area contributed by atoms with Crippen molar-refractivity contribution in [1.82, 2.24) is 9.88 Å². The zero-order chi connectivity index (χ0) is 14.1. The van der Waals surface area contributed by atoms with Gasteiger partial charge in [-0.3, -0.25) is 0 Å². The summed E-state index contributed by atoms with van der Waals surface area (Å²) in [6.45, 7) is 3.95. The number of anilines is 1. The van der Waals surface area contributed by atoms with E-state index in [1.54, 1.807) is 6.20 Å². The summed E-state index contributed by atoms with van der Waals surface area (Å²) in [6, 6.07) is 7.67. The van der Waals surface area contributed by atoms with E-state index < -0.39 is 10.7 Å². The Morgan fingerprint density at radius 2 is 1.80 bits per heavy atom. The summed E-state index contributed by atoms with van der Waals surface area (Å²) in [5, 5.41) is 1.83. The monoisotopic (exact) mass is 291 g/mol. The van der Waals surface area contributed by atoms with Crippen LogP contribution in [0.15, 0.2) is 35.5 Å². The van der Waals surface area contributed by atoms with E-state index in [0.717, 1.165) is 37.3 Å². The summed E-state index contributed by atoms with van der Waals surface area (Å²) in [7, 11) is -0.555. The highest BCUT2D eigenvalue weighted by molar-refractivity contribution is 7.72. The number of piperazine rings is 1. The highest BCUT2D eigenvalue weighted by Gasteiger charge is 2.17. The number of benzene rings is 1. The molecule has 0 atom stereocenters. The van der Waals surface area contributed by atoms with Gasteiger partial charge in [-0.25, -0.2) is 13.4 Å². The molecule has 1 aliphatic rings. The molecule has 2 heterocycles. The molecule has 0 bridgehead atoms. The van der Waals surface area contributed by atoms with E-state index in [-0.39, 0.29) is 5.03 Å². The molecule has 0 unspecified atom stereocenters. The lowest BCUT2D eigenvalue weighted by molar-refractivity contribution is 0.313. The normalized spacial score (nSPS) is 17.0. The molecule has 106 valence electrons. The van der Waals surface area contributed by atoms with E-state index >= 15 is 0 Å². The topological polar surface area (TPSA) is 53.5 Å². The molecule has 0 radical (unpaired) electrons. The van der Waals surface area contributed by atoms with Crippen LogP contribution in [-0.2, 0) is 10.7 Å². The fourth-order valence-electron chi connectivity index (χ4n) is 2.64. The summed E-state index contributed by atoms with van der Waals surface area (Å²) in [6.07, 6.45) is 1.57. The van der Waals surface area contributed by atoms with E-state index in [1.807, 2.05) is 18.2 Å². The van der Waals surface area contributed by atoms with Crippen LogP contribution in [0.2, 0.25) is 0 Å². The molecule has 0 amide bonds. The molecule has 3 rings (SSSR count). The Morgan fingerprint density at radius 1 is 1.05 bits per heavy atom. The average Bonchev–Trinajstić information content (AvgIpc) is 2.47. The quantitative estimate of drug-likeness (QED) is 0.835. The lowest BCUT2D eigenvalue weighted by Gasteiger charge is -2.34. The molecular weight excluding hydrogens is 274 g/mol. The van der Waals surface area contributed by atoms with Gasteiger partial charge >= 0.3 is 0 Å². The number of likely N-dealkylation sites (N-methyl/N-ethyl adjacent to an activating group) is 1. The summed E-state index contributed by atoms with van der Waals surface area (Å²) >= 11 is 0. The Morgan fingerprint density at radius 3 is 2.50 bits per heavy atom. The molecular formula is C14H17N3O2S. The predicted molar refractivity (Wildman–Crippen MR) is 80.0 cm³/mol. The van der Waals surface area contributed by atoms with Gasteiger partial charge in [0, 0.05) is 48.8 Å². The van der Waals surface area contributed by atoms with Crippen molar-refractivity contribution in [3.05, 3.63) is 30.5 Å². The van der Waals surface area contributed by atoms with E-state index in [4.69, 9.17) is 0 Å². The maximum absolute atomic E-state index is 11.3. The fourth-order valence-corrected chi connectivity index (χ4v) is 3.20. The SMILES string of the molecule is CN1CCN(c2cccc3c([SH](=O)=O)nccc23)CC1. The minimum absolute atomic E-state index is 0.161. The first kappa shape index (κ1) is 13.3. The number of hydrogen-bond donors (Lipinski definition) is 1. The largest absolute Gasteiger partial charge is 0.368 e. The molecule has 1 fully saturated rings. The second-order valence-electron chi connectivity index (χ2n) is 5.05. The molecule has 1 saturated heterocycles. The van der Waals surface area contributed by atoms with Crippen LogP contribution in [0.5, 0.6) is 0 Å². The van der Waals surface area contributed by atoms with Crippen molar-refractivity contribution in [2.24, 2.45) is 0 Å². The average molecular weight is 291 g/mol. The van der Waals surface area contributed by atoms with Crippen LogP contribution in [-0.4, -0.2) is 51.5 Å². The first-order valence-electron chi connectivity index (χ1n) is 6.62. The number of thiol groups is 1. The summed E-state index contributed by atoms with van der Waals surface area (Å²) < 4.78 is 22.6. The van der Waals surface area contributed by atoms with Gasteiger partial charge in [0.1, 0.15) is 0 Å². The van der Waals surface area contributed by atoms with Gasteiger partial charge in [0.05, 0.1) is 0 Å². The van der Waals surface area contributed by atoms with Crippen molar-refractivity contribution in [1.29, 1.82) is 0 Å². The van der Waals surface area contributed by atoms with Crippen LogP contribution >= 0.6 is 0 Å². The molecule has 1 aromatic heterocycles. The fraction of sp³-hybridized carbons (Fsp3) is 0.357.